The summed E-state index contributed by atoms with van der Waals surface area (Å²) in [6.07, 6.45) is 0. The van der Waals surface area contributed by atoms with Gasteiger partial charge in [-0.2, -0.15) is 0 Å². The third-order valence-electron chi connectivity index (χ3n) is 3.65. The van der Waals surface area contributed by atoms with Crippen LogP contribution < -0.4 is 10.6 Å². The molecule has 0 aliphatic carbocycles. The summed E-state index contributed by atoms with van der Waals surface area (Å²) in [4.78, 5) is 0. The molecule has 0 aliphatic heterocycles. The first kappa shape index (κ1) is 15.2. The van der Waals surface area contributed by atoms with E-state index < -0.39 is 0 Å². The van der Waals surface area contributed by atoms with E-state index in [9.17, 15) is 0 Å². The normalized spacial score (nSPS) is 12.1. The Balaban J connectivity index is 1.68. The molecule has 0 fully saturated rings. The molecule has 3 aromatic rings. The van der Waals surface area contributed by atoms with Crippen LogP contribution in [0, 0.1) is 0 Å². The van der Waals surface area contributed by atoms with Gasteiger partial charge in [0, 0.05) is 0 Å². The second-order valence-corrected chi connectivity index (χ2v) is 5.39. The van der Waals surface area contributed by atoms with E-state index >= 15 is 0 Å². The highest BCUT2D eigenvalue weighted by Gasteiger charge is 2.10. The topological polar surface area (TPSA) is 63.0 Å². The molecule has 0 spiro atoms. The van der Waals surface area contributed by atoms with Crippen LogP contribution >= 0.6 is 0 Å². The predicted molar refractivity (Wildman–Crippen MR) is 91.0 cm³/mol. The van der Waals surface area contributed by atoms with Crippen LogP contribution in [0.1, 0.15) is 24.4 Å². The van der Waals surface area contributed by atoms with E-state index in [1.54, 1.807) is 0 Å². The van der Waals surface area contributed by atoms with Crippen molar-refractivity contribution < 1.29 is 4.42 Å². The zero-order valence-corrected chi connectivity index (χ0v) is 13.3. The lowest BCUT2D eigenvalue weighted by Gasteiger charge is -2.13. The zero-order valence-electron chi connectivity index (χ0n) is 13.3. The molecule has 0 aliphatic rings. The van der Waals surface area contributed by atoms with Gasteiger partial charge in [-0.15, -0.1) is 5.10 Å². The molecular formula is C18H20N4O. The lowest BCUT2D eigenvalue weighted by atomic mass is 10.0. The van der Waals surface area contributed by atoms with Gasteiger partial charge in [0.1, 0.15) is 0 Å². The Morgan fingerprint density at radius 3 is 2.35 bits per heavy atom. The first-order chi connectivity index (χ1) is 11.3. The summed E-state index contributed by atoms with van der Waals surface area (Å²) in [6.45, 7) is 2.63. The van der Waals surface area contributed by atoms with Crippen molar-refractivity contribution in [1.29, 1.82) is 0 Å². The summed E-state index contributed by atoms with van der Waals surface area (Å²) in [5, 5.41) is 14.2. The number of nitrogens with zero attached hydrogens (tertiary/aromatic N) is 2. The fraction of sp³-hybridized carbons (Fsp3) is 0.222. The Bertz CT molecular complexity index is 737. The van der Waals surface area contributed by atoms with E-state index in [4.69, 9.17) is 4.42 Å². The SMILES string of the molecule is CNCc1nnc(NC(C)c2ccc(-c3ccccc3)cc2)o1. The standard InChI is InChI=1S/C18H20N4O/c1-13(20-18-22-21-17(23-18)12-19-2)14-8-10-16(11-9-14)15-6-4-3-5-7-15/h3-11,13,19H,12H2,1-2H3,(H,20,22). The first-order valence-corrected chi connectivity index (χ1v) is 7.65. The molecule has 0 saturated heterocycles. The minimum Gasteiger partial charge on any atom is -0.407 e. The Hall–Kier alpha value is -2.66. The zero-order chi connectivity index (χ0) is 16.1. The molecular weight excluding hydrogens is 288 g/mol. The summed E-state index contributed by atoms with van der Waals surface area (Å²) in [6, 6.07) is 19.4. The van der Waals surface area contributed by atoms with Gasteiger partial charge in [0.15, 0.2) is 0 Å². The van der Waals surface area contributed by atoms with Gasteiger partial charge >= 0.3 is 6.01 Å². The van der Waals surface area contributed by atoms with Crippen LogP contribution in [0.5, 0.6) is 0 Å². The molecule has 2 aromatic carbocycles. The van der Waals surface area contributed by atoms with Crippen LogP contribution in [0.3, 0.4) is 0 Å². The highest BCUT2D eigenvalue weighted by Crippen LogP contribution is 2.23. The van der Waals surface area contributed by atoms with Crippen molar-refractivity contribution in [2.75, 3.05) is 12.4 Å². The van der Waals surface area contributed by atoms with Gasteiger partial charge in [0.2, 0.25) is 5.89 Å². The van der Waals surface area contributed by atoms with Crippen molar-refractivity contribution in [3.8, 4) is 11.1 Å². The minimum absolute atomic E-state index is 0.0858. The van der Waals surface area contributed by atoms with Crippen molar-refractivity contribution in [3.05, 3.63) is 66.1 Å². The Kier molecular flexibility index (Phi) is 4.68. The summed E-state index contributed by atoms with van der Waals surface area (Å²) >= 11 is 0. The third-order valence-corrected chi connectivity index (χ3v) is 3.65. The molecule has 0 bridgehead atoms. The molecule has 2 N–H and O–H groups in total. The van der Waals surface area contributed by atoms with E-state index in [1.807, 2.05) is 25.2 Å². The number of rotatable bonds is 6. The second-order valence-electron chi connectivity index (χ2n) is 5.39. The van der Waals surface area contributed by atoms with Crippen LogP contribution in [0.4, 0.5) is 6.01 Å². The van der Waals surface area contributed by atoms with Gasteiger partial charge in [-0.05, 0) is 30.7 Å². The van der Waals surface area contributed by atoms with Gasteiger partial charge < -0.3 is 15.1 Å². The Morgan fingerprint density at radius 2 is 1.65 bits per heavy atom. The number of hydrogen-bond acceptors (Lipinski definition) is 5. The average Bonchev–Trinajstić information content (AvgIpc) is 3.03. The third kappa shape index (κ3) is 3.76. The smallest absolute Gasteiger partial charge is 0.315 e. The van der Waals surface area contributed by atoms with Crippen molar-refractivity contribution in [1.82, 2.24) is 15.5 Å². The molecule has 1 heterocycles. The largest absolute Gasteiger partial charge is 0.407 e. The second kappa shape index (κ2) is 7.07. The fourth-order valence-electron chi connectivity index (χ4n) is 2.40. The molecule has 23 heavy (non-hydrogen) atoms. The van der Waals surface area contributed by atoms with Crippen LogP contribution in [0.25, 0.3) is 11.1 Å². The maximum absolute atomic E-state index is 5.51. The predicted octanol–water partition coefficient (Wildman–Crippen LogP) is 3.63. The monoisotopic (exact) mass is 308 g/mol. The van der Waals surface area contributed by atoms with E-state index in [2.05, 4.69) is 64.2 Å². The summed E-state index contributed by atoms with van der Waals surface area (Å²) < 4.78 is 5.51. The van der Waals surface area contributed by atoms with E-state index in [-0.39, 0.29) is 6.04 Å². The summed E-state index contributed by atoms with van der Waals surface area (Å²) in [5.41, 5.74) is 3.59. The Labute approximate surface area is 135 Å². The number of benzene rings is 2. The molecule has 0 amide bonds. The molecule has 5 heteroatoms. The van der Waals surface area contributed by atoms with Crippen LogP contribution in [0.15, 0.2) is 59.0 Å². The van der Waals surface area contributed by atoms with E-state index in [0.29, 0.717) is 18.5 Å². The quantitative estimate of drug-likeness (QED) is 0.728. The van der Waals surface area contributed by atoms with Gasteiger partial charge in [-0.1, -0.05) is 59.7 Å². The van der Waals surface area contributed by atoms with Gasteiger partial charge in [-0.25, -0.2) is 0 Å². The minimum atomic E-state index is 0.0858. The van der Waals surface area contributed by atoms with Crippen LogP contribution in [0.2, 0.25) is 0 Å². The Morgan fingerprint density at radius 1 is 0.957 bits per heavy atom. The van der Waals surface area contributed by atoms with Crippen molar-refractivity contribution >= 4 is 6.01 Å². The highest BCUT2D eigenvalue weighted by atomic mass is 16.4. The molecule has 0 saturated carbocycles. The summed E-state index contributed by atoms with van der Waals surface area (Å²) in [5.74, 6) is 0.571. The lowest BCUT2D eigenvalue weighted by Crippen LogP contribution is -2.06. The van der Waals surface area contributed by atoms with Crippen LogP contribution in [-0.2, 0) is 6.54 Å². The molecule has 3 rings (SSSR count). The maximum Gasteiger partial charge on any atom is 0.315 e. The fourth-order valence-corrected chi connectivity index (χ4v) is 2.40. The molecule has 1 aromatic heterocycles. The number of hydrogen-bond donors (Lipinski definition) is 2. The molecule has 0 radical (unpaired) electrons. The molecule has 118 valence electrons. The van der Waals surface area contributed by atoms with Crippen molar-refractivity contribution in [2.45, 2.75) is 19.5 Å². The molecule has 1 unspecified atom stereocenters. The van der Waals surface area contributed by atoms with Gasteiger partial charge in [-0.3, -0.25) is 0 Å². The van der Waals surface area contributed by atoms with E-state index in [0.717, 1.165) is 5.56 Å². The first-order valence-electron chi connectivity index (χ1n) is 7.65. The molecule has 1 atom stereocenters. The highest BCUT2D eigenvalue weighted by molar-refractivity contribution is 5.63. The number of nitrogens with one attached hydrogen (secondary N) is 2. The van der Waals surface area contributed by atoms with Crippen molar-refractivity contribution in [3.63, 3.8) is 0 Å². The number of aromatic nitrogens is 2. The lowest BCUT2D eigenvalue weighted by molar-refractivity contribution is 0.486. The van der Waals surface area contributed by atoms with Crippen LogP contribution in [-0.4, -0.2) is 17.2 Å². The van der Waals surface area contributed by atoms with E-state index in [1.165, 1.54) is 11.1 Å². The van der Waals surface area contributed by atoms with Gasteiger partial charge in [0.05, 0.1) is 12.6 Å². The summed E-state index contributed by atoms with van der Waals surface area (Å²) in [7, 11) is 1.84. The maximum atomic E-state index is 5.51. The molecule has 5 nitrogen and oxygen atoms in total. The number of anilines is 1. The average molecular weight is 308 g/mol. The van der Waals surface area contributed by atoms with Gasteiger partial charge in [0.25, 0.3) is 0 Å². The van der Waals surface area contributed by atoms with Crippen molar-refractivity contribution in [2.24, 2.45) is 0 Å².